The van der Waals surface area contributed by atoms with Crippen LogP contribution in [0.1, 0.15) is 22.3 Å². The van der Waals surface area contributed by atoms with Gasteiger partial charge in [0.1, 0.15) is 5.82 Å². The first kappa shape index (κ1) is 18.4. The van der Waals surface area contributed by atoms with E-state index in [0.717, 1.165) is 22.3 Å². The van der Waals surface area contributed by atoms with Crippen LogP contribution in [0.15, 0.2) is 53.9 Å². The summed E-state index contributed by atoms with van der Waals surface area (Å²) >= 11 is 0. The van der Waals surface area contributed by atoms with Crippen molar-refractivity contribution in [2.24, 2.45) is 0 Å². The summed E-state index contributed by atoms with van der Waals surface area (Å²) in [6, 6.07) is 9.58. The van der Waals surface area contributed by atoms with Gasteiger partial charge in [-0.05, 0) is 49.6 Å². The highest BCUT2D eigenvalue weighted by atomic mass is 32.2. The average Bonchev–Trinajstić information content (AvgIpc) is 2.47. The van der Waals surface area contributed by atoms with Gasteiger partial charge < -0.3 is 0 Å². The van der Waals surface area contributed by atoms with E-state index in [0.29, 0.717) is 4.90 Å². The maximum absolute atomic E-state index is 13.2. The molecular weight excluding hydrogens is 325 g/mol. The molecule has 0 aliphatic rings. The highest BCUT2D eigenvalue weighted by Gasteiger charge is 2.27. The number of rotatable bonds is 6. The minimum absolute atomic E-state index is 0.168. The van der Waals surface area contributed by atoms with Crippen LogP contribution >= 0.6 is 0 Å². The van der Waals surface area contributed by atoms with Crippen molar-refractivity contribution in [3.8, 4) is 0 Å². The third-order valence-electron chi connectivity index (χ3n) is 3.81. The molecule has 0 spiro atoms. The van der Waals surface area contributed by atoms with Crippen LogP contribution in [0.25, 0.3) is 0 Å². The molecular formula is C19H22FNO2S. The fourth-order valence-electron chi connectivity index (χ4n) is 2.89. The normalized spacial score (nSPS) is 11.7. The van der Waals surface area contributed by atoms with E-state index in [1.807, 2.05) is 19.1 Å². The molecule has 0 aliphatic carbocycles. The Morgan fingerprint density at radius 2 is 1.62 bits per heavy atom. The summed E-state index contributed by atoms with van der Waals surface area (Å²) in [5.41, 5.74) is 3.20. The second kappa shape index (κ2) is 7.28. The summed E-state index contributed by atoms with van der Waals surface area (Å²) in [5, 5.41) is 0. The fourth-order valence-corrected chi connectivity index (χ4v) is 4.70. The van der Waals surface area contributed by atoms with E-state index >= 15 is 0 Å². The largest absolute Gasteiger partial charge is 0.244 e. The standard InChI is InChI=1S/C19H22FNO2S/c1-5-10-21(13-17-6-8-18(20)9-7-17)24(22,23)19-15(3)11-14(2)12-16(19)4/h5-9,11-12H,1,10,13H2,2-4H3. The third kappa shape index (κ3) is 3.91. The second-order valence-electron chi connectivity index (χ2n) is 5.94. The molecule has 3 nitrogen and oxygen atoms in total. The van der Waals surface area contributed by atoms with Gasteiger partial charge in [0.15, 0.2) is 0 Å². The van der Waals surface area contributed by atoms with Gasteiger partial charge in [0.25, 0.3) is 0 Å². The van der Waals surface area contributed by atoms with Gasteiger partial charge in [-0.3, -0.25) is 0 Å². The van der Waals surface area contributed by atoms with Crippen LogP contribution in [0.4, 0.5) is 4.39 Å². The Hall–Kier alpha value is -1.98. The van der Waals surface area contributed by atoms with E-state index in [1.54, 1.807) is 32.1 Å². The Morgan fingerprint density at radius 1 is 1.08 bits per heavy atom. The number of halogens is 1. The molecule has 2 aromatic rings. The van der Waals surface area contributed by atoms with Crippen molar-refractivity contribution in [1.82, 2.24) is 4.31 Å². The topological polar surface area (TPSA) is 37.4 Å². The Bertz CT molecular complexity index is 819. The Morgan fingerprint density at radius 3 is 2.12 bits per heavy atom. The number of aryl methyl sites for hydroxylation is 3. The van der Waals surface area contributed by atoms with Crippen LogP contribution in [-0.2, 0) is 16.6 Å². The SMILES string of the molecule is C=CCN(Cc1ccc(F)cc1)S(=O)(=O)c1c(C)cc(C)cc1C. The number of hydrogen-bond donors (Lipinski definition) is 0. The molecule has 0 atom stereocenters. The molecule has 0 aliphatic heterocycles. The first-order valence-electron chi connectivity index (χ1n) is 7.69. The van der Waals surface area contributed by atoms with Crippen molar-refractivity contribution >= 4 is 10.0 Å². The summed E-state index contributed by atoms with van der Waals surface area (Å²) in [5.74, 6) is -0.345. The summed E-state index contributed by atoms with van der Waals surface area (Å²) < 4.78 is 40.7. The van der Waals surface area contributed by atoms with E-state index in [1.165, 1.54) is 16.4 Å². The van der Waals surface area contributed by atoms with Crippen LogP contribution in [0, 0.1) is 26.6 Å². The highest BCUT2D eigenvalue weighted by Crippen LogP contribution is 2.26. The van der Waals surface area contributed by atoms with Crippen LogP contribution in [0.3, 0.4) is 0 Å². The van der Waals surface area contributed by atoms with E-state index in [9.17, 15) is 12.8 Å². The highest BCUT2D eigenvalue weighted by molar-refractivity contribution is 7.89. The first-order chi connectivity index (χ1) is 11.3. The quantitative estimate of drug-likeness (QED) is 0.737. The Labute approximate surface area is 143 Å². The van der Waals surface area contributed by atoms with Gasteiger partial charge in [0.2, 0.25) is 10.0 Å². The van der Waals surface area contributed by atoms with Gasteiger partial charge in [-0.2, -0.15) is 4.31 Å². The van der Waals surface area contributed by atoms with Crippen LogP contribution < -0.4 is 0 Å². The molecule has 0 heterocycles. The van der Waals surface area contributed by atoms with E-state index in [2.05, 4.69) is 6.58 Å². The van der Waals surface area contributed by atoms with Crippen molar-refractivity contribution in [3.63, 3.8) is 0 Å². The summed E-state index contributed by atoms with van der Waals surface area (Å²) in [4.78, 5) is 0.331. The molecule has 128 valence electrons. The van der Waals surface area contributed by atoms with Crippen molar-refractivity contribution in [3.05, 3.63) is 77.1 Å². The molecule has 0 unspecified atom stereocenters. The number of benzene rings is 2. The van der Waals surface area contributed by atoms with Crippen LogP contribution in [0.5, 0.6) is 0 Å². The lowest BCUT2D eigenvalue weighted by Crippen LogP contribution is -2.32. The third-order valence-corrected chi connectivity index (χ3v) is 5.93. The molecule has 5 heteroatoms. The lowest BCUT2D eigenvalue weighted by atomic mass is 10.1. The van der Waals surface area contributed by atoms with E-state index in [4.69, 9.17) is 0 Å². The number of hydrogen-bond acceptors (Lipinski definition) is 2. The van der Waals surface area contributed by atoms with Gasteiger partial charge in [0, 0.05) is 13.1 Å². The van der Waals surface area contributed by atoms with Gasteiger partial charge in [0.05, 0.1) is 4.90 Å². The Kier molecular flexibility index (Phi) is 5.57. The smallest absolute Gasteiger partial charge is 0.207 e. The van der Waals surface area contributed by atoms with Gasteiger partial charge in [-0.1, -0.05) is 35.9 Å². The van der Waals surface area contributed by atoms with Crippen molar-refractivity contribution in [2.45, 2.75) is 32.2 Å². The molecule has 0 amide bonds. The van der Waals surface area contributed by atoms with Crippen LogP contribution in [-0.4, -0.2) is 19.3 Å². The monoisotopic (exact) mass is 347 g/mol. The Balaban J connectivity index is 2.46. The summed E-state index contributed by atoms with van der Waals surface area (Å²) in [7, 11) is -3.68. The zero-order valence-electron chi connectivity index (χ0n) is 14.2. The van der Waals surface area contributed by atoms with Crippen molar-refractivity contribution in [2.75, 3.05) is 6.54 Å². The number of nitrogens with zero attached hydrogens (tertiary/aromatic N) is 1. The minimum atomic E-state index is -3.68. The second-order valence-corrected chi connectivity index (χ2v) is 7.82. The lowest BCUT2D eigenvalue weighted by Gasteiger charge is -2.23. The van der Waals surface area contributed by atoms with Crippen molar-refractivity contribution in [1.29, 1.82) is 0 Å². The predicted octanol–water partition coefficient (Wildman–Crippen LogP) is 4.13. The maximum atomic E-state index is 13.2. The van der Waals surface area contributed by atoms with Crippen molar-refractivity contribution < 1.29 is 12.8 Å². The molecule has 0 fully saturated rings. The molecule has 0 saturated heterocycles. The molecule has 2 rings (SSSR count). The van der Waals surface area contributed by atoms with Gasteiger partial charge in [-0.25, -0.2) is 12.8 Å². The van der Waals surface area contributed by atoms with Gasteiger partial charge in [-0.15, -0.1) is 6.58 Å². The summed E-state index contributed by atoms with van der Waals surface area (Å²) in [6.07, 6.45) is 1.56. The first-order valence-corrected chi connectivity index (χ1v) is 9.13. The molecule has 2 aromatic carbocycles. The van der Waals surface area contributed by atoms with Crippen LogP contribution in [0.2, 0.25) is 0 Å². The maximum Gasteiger partial charge on any atom is 0.244 e. The molecule has 0 bridgehead atoms. The zero-order chi connectivity index (χ0) is 17.9. The average molecular weight is 347 g/mol. The zero-order valence-corrected chi connectivity index (χ0v) is 15.0. The minimum Gasteiger partial charge on any atom is -0.207 e. The fraction of sp³-hybridized carbons (Fsp3) is 0.263. The molecule has 24 heavy (non-hydrogen) atoms. The number of sulfonamides is 1. The molecule has 0 radical (unpaired) electrons. The van der Waals surface area contributed by atoms with E-state index < -0.39 is 10.0 Å². The molecule has 0 saturated carbocycles. The lowest BCUT2D eigenvalue weighted by molar-refractivity contribution is 0.437. The van der Waals surface area contributed by atoms with E-state index in [-0.39, 0.29) is 18.9 Å². The molecule has 0 aromatic heterocycles. The van der Waals surface area contributed by atoms with Gasteiger partial charge >= 0.3 is 0 Å². The molecule has 0 N–H and O–H groups in total. The summed E-state index contributed by atoms with van der Waals surface area (Å²) in [6.45, 7) is 9.56. The predicted molar refractivity (Wildman–Crippen MR) is 94.8 cm³/mol.